The molecule has 0 amide bonds. The smallest absolute Gasteiger partial charge is 0.162 e. The molecule has 1 N–H and O–H groups in total. The van der Waals surface area contributed by atoms with E-state index in [4.69, 9.17) is 9.47 Å². The van der Waals surface area contributed by atoms with Crippen LogP contribution in [0.4, 0.5) is 4.39 Å². The Kier molecular flexibility index (Phi) is 7.67. The first-order valence-electron chi connectivity index (χ1n) is 9.64. The van der Waals surface area contributed by atoms with Crippen LogP contribution in [0.3, 0.4) is 0 Å². The van der Waals surface area contributed by atoms with Gasteiger partial charge in [0.1, 0.15) is 12.4 Å². The van der Waals surface area contributed by atoms with Gasteiger partial charge in [-0.05, 0) is 60.4 Å². The van der Waals surface area contributed by atoms with E-state index in [9.17, 15) is 4.39 Å². The molecule has 0 heterocycles. The van der Waals surface area contributed by atoms with Gasteiger partial charge in [0, 0.05) is 17.6 Å². The van der Waals surface area contributed by atoms with Gasteiger partial charge in [0.05, 0.1) is 6.61 Å². The lowest BCUT2D eigenvalue weighted by molar-refractivity contribution is 0.268. The number of aryl methyl sites for hydroxylation is 1. The highest BCUT2D eigenvalue weighted by Gasteiger charge is 2.12. The van der Waals surface area contributed by atoms with Crippen molar-refractivity contribution < 1.29 is 13.9 Å². The molecule has 3 nitrogen and oxygen atoms in total. The fourth-order valence-corrected chi connectivity index (χ4v) is 3.43. The Labute approximate surface area is 180 Å². The molecule has 3 aromatic carbocycles. The third kappa shape index (κ3) is 6.05. The Morgan fingerprint density at radius 3 is 2.34 bits per heavy atom. The molecule has 152 valence electrons. The SMILES string of the molecule is CCOc1cc(CNCc2ccc(F)cc2)c(Br)cc1OCc1ccccc1C. The second-order valence-electron chi connectivity index (χ2n) is 6.77. The normalized spacial score (nSPS) is 10.8. The van der Waals surface area contributed by atoms with Crippen molar-refractivity contribution in [2.45, 2.75) is 33.5 Å². The molecule has 0 radical (unpaired) electrons. The van der Waals surface area contributed by atoms with Crippen LogP contribution < -0.4 is 14.8 Å². The van der Waals surface area contributed by atoms with Crippen molar-refractivity contribution >= 4 is 15.9 Å². The minimum atomic E-state index is -0.223. The second kappa shape index (κ2) is 10.4. The van der Waals surface area contributed by atoms with Crippen LogP contribution in [-0.4, -0.2) is 6.61 Å². The van der Waals surface area contributed by atoms with Gasteiger partial charge in [-0.15, -0.1) is 0 Å². The van der Waals surface area contributed by atoms with E-state index in [1.807, 2.05) is 31.2 Å². The minimum Gasteiger partial charge on any atom is -0.490 e. The summed E-state index contributed by atoms with van der Waals surface area (Å²) in [6.07, 6.45) is 0. The molecule has 0 fully saturated rings. The molecule has 0 aliphatic carbocycles. The van der Waals surface area contributed by atoms with Gasteiger partial charge in [-0.1, -0.05) is 52.3 Å². The maximum Gasteiger partial charge on any atom is 0.162 e. The van der Waals surface area contributed by atoms with Crippen molar-refractivity contribution in [2.24, 2.45) is 0 Å². The van der Waals surface area contributed by atoms with Crippen molar-refractivity contribution in [1.82, 2.24) is 5.32 Å². The van der Waals surface area contributed by atoms with E-state index in [0.29, 0.717) is 32.1 Å². The number of hydrogen-bond acceptors (Lipinski definition) is 3. The van der Waals surface area contributed by atoms with Gasteiger partial charge < -0.3 is 14.8 Å². The zero-order chi connectivity index (χ0) is 20.6. The van der Waals surface area contributed by atoms with Crippen LogP contribution in [0.25, 0.3) is 0 Å². The highest BCUT2D eigenvalue weighted by Crippen LogP contribution is 2.34. The summed E-state index contributed by atoms with van der Waals surface area (Å²) in [5, 5.41) is 3.38. The Hall–Kier alpha value is -2.37. The fourth-order valence-electron chi connectivity index (χ4n) is 2.97. The molecule has 3 rings (SSSR count). The Balaban J connectivity index is 1.68. The molecular formula is C24H25BrFNO2. The van der Waals surface area contributed by atoms with Crippen molar-refractivity contribution in [3.05, 3.63) is 93.2 Å². The molecule has 0 spiro atoms. The summed E-state index contributed by atoms with van der Waals surface area (Å²) >= 11 is 3.64. The first kappa shape index (κ1) is 21.3. The first-order chi connectivity index (χ1) is 14.1. The number of benzene rings is 3. The molecule has 3 aromatic rings. The number of nitrogens with one attached hydrogen (secondary N) is 1. The summed E-state index contributed by atoms with van der Waals surface area (Å²) in [6.45, 7) is 6.39. The average Bonchev–Trinajstić information content (AvgIpc) is 2.71. The summed E-state index contributed by atoms with van der Waals surface area (Å²) in [5.41, 5.74) is 4.45. The molecular weight excluding hydrogens is 433 g/mol. The molecule has 0 unspecified atom stereocenters. The van der Waals surface area contributed by atoms with Crippen LogP contribution in [0.15, 0.2) is 65.1 Å². The van der Waals surface area contributed by atoms with Crippen molar-refractivity contribution in [1.29, 1.82) is 0 Å². The standard InChI is InChI=1S/C24H25BrFNO2/c1-3-28-23-12-20(15-27-14-18-8-10-21(26)11-9-18)22(25)13-24(23)29-16-19-7-5-4-6-17(19)2/h4-13,27H,3,14-16H2,1-2H3. The van der Waals surface area contributed by atoms with Crippen LogP contribution in [0.5, 0.6) is 11.5 Å². The monoisotopic (exact) mass is 457 g/mol. The number of halogens is 2. The topological polar surface area (TPSA) is 30.5 Å². The Morgan fingerprint density at radius 1 is 0.897 bits per heavy atom. The summed E-state index contributed by atoms with van der Waals surface area (Å²) < 4.78 is 25.9. The quantitative estimate of drug-likeness (QED) is 0.417. The van der Waals surface area contributed by atoms with E-state index in [-0.39, 0.29) is 5.82 Å². The van der Waals surface area contributed by atoms with E-state index >= 15 is 0 Å². The molecule has 0 atom stereocenters. The Bertz CT molecular complexity index is 944. The van der Waals surface area contributed by atoms with Gasteiger partial charge in [-0.3, -0.25) is 0 Å². The van der Waals surface area contributed by atoms with E-state index in [1.54, 1.807) is 12.1 Å². The van der Waals surface area contributed by atoms with Gasteiger partial charge in [0.25, 0.3) is 0 Å². The zero-order valence-corrected chi connectivity index (χ0v) is 18.3. The van der Waals surface area contributed by atoms with E-state index < -0.39 is 0 Å². The molecule has 5 heteroatoms. The van der Waals surface area contributed by atoms with E-state index in [0.717, 1.165) is 26.9 Å². The molecule has 0 aliphatic heterocycles. The van der Waals surface area contributed by atoms with Crippen LogP contribution >= 0.6 is 15.9 Å². The van der Waals surface area contributed by atoms with E-state index in [2.05, 4.69) is 40.3 Å². The lowest BCUT2D eigenvalue weighted by atomic mass is 10.1. The van der Waals surface area contributed by atoms with Gasteiger partial charge in [-0.2, -0.15) is 0 Å². The number of rotatable bonds is 9. The molecule has 0 bridgehead atoms. The number of ether oxygens (including phenoxy) is 2. The summed E-state index contributed by atoms with van der Waals surface area (Å²) in [5.74, 6) is 1.21. The predicted molar refractivity (Wildman–Crippen MR) is 118 cm³/mol. The maximum atomic E-state index is 13.0. The lowest BCUT2D eigenvalue weighted by Gasteiger charge is -2.16. The summed E-state index contributed by atoms with van der Waals surface area (Å²) in [4.78, 5) is 0. The van der Waals surface area contributed by atoms with Crippen LogP contribution in [0.2, 0.25) is 0 Å². The van der Waals surface area contributed by atoms with Crippen LogP contribution in [0.1, 0.15) is 29.2 Å². The Morgan fingerprint density at radius 2 is 1.62 bits per heavy atom. The highest BCUT2D eigenvalue weighted by molar-refractivity contribution is 9.10. The molecule has 0 aromatic heterocycles. The average molecular weight is 458 g/mol. The summed E-state index contributed by atoms with van der Waals surface area (Å²) in [7, 11) is 0. The minimum absolute atomic E-state index is 0.223. The second-order valence-corrected chi connectivity index (χ2v) is 7.62. The zero-order valence-electron chi connectivity index (χ0n) is 16.7. The third-order valence-corrected chi connectivity index (χ3v) is 5.35. The molecule has 0 saturated carbocycles. The number of hydrogen-bond donors (Lipinski definition) is 1. The van der Waals surface area contributed by atoms with Gasteiger partial charge in [-0.25, -0.2) is 4.39 Å². The lowest BCUT2D eigenvalue weighted by Crippen LogP contribution is -2.13. The molecule has 0 aliphatic rings. The fraction of sp³-hybridized carbons (Fsp3) is 0.250. The largest absolute Gasteiger partial charge is 0.490 e. The first-order valence-corrected chi connectivity index (χ1v) is 10.4. The van der Waals surface area contributed by atoms with Gasteiger partial charge >= 0.3 is 0 Å². The highest BCUT2D eigenvalue weighted by atomic mass is 79.9. The maximum absolute atomic E-state index is 13.0. The van der Waals surface area contributed by atoms with E-state index in [1.165, 1.54) is 17.7 Å². The van der Waals surface area contributed by atoms with Gasteiger partial charge in [0.2, 0.25) is 0 Å². The molecule has 0 saturated heterocycles. The van der Waals surface area contributed by atoms with Crippen LogP contribution in [-0.2, 0) is 19.7 Å². The predicted octanol–water partition coefficient (Wildman–Crippen LogP) is 6.16. The van der Waals surface area contributed by atoms with Gasteiger partial charge in [0.15, 0.2) is 11.5 Å². The van der Waals surface area contributed by atoms with Crippen molar-refractivity contribution in [2.75, 3.05) is 6.61 Å². The third-order valence-electron chi connectivity index (χ3n) is 4.61. The van der Waals surface area contributed by atoms with Crippen LogP contribution in [0, 0.1) is 12.7 Å². The molecule has 29 heavy (non-hydrogen) atoms. The van der Waals surface area contributed by atoms with Crippen molar-refractivity contribution in [3.8, 4) is 11.5 Å². The van der Waals surface area contributed by atoms with Crippen molar-refractivity contribution in [3.63, 3.8) is 0 Å². The summed E-state index contributed by atoms with van der Waals surface area (Å²) in [6, 6.07) is 18.6.